The maximum atomic E-state index is 12.3. The number of nitrogens with two attached hydrogens (primary N) is 1. The summed E-state index contributed by atoms with van der Waals surface area (Å²) in [6, 6.07) is 0. The largest absolute Gasteiger partial charge is 0.372 e. The first-order valence-electron chi connectivity index (χ1n) is 5.74. The van der Waals surface area contributed by atoms with Crippen LogP contribution in [0.4, 0.5) is 5.82 Å². The zero-order chi connectivity index (χ0) is 13.2. The number of amides is 1. The van der Waals surface area contributed by atoms with Crippen LogP contribution in [0, 0.1) is 0 Å². The Bertz CT molecular complexity index is 449. The van der Waals surface area contributed by atoms with E-state index in [9.17, 15) is 4.79 Å². The fraction of sp³-hybridized carbons (Fsp3) is 0.545. The first kappa shape index (κ1) is 12.7. The number of hydrogen-bond donors (Lipinski definition) is 2. The lowest BCUT2D eigenvalue weighted by Crippen LogP contribution is -2.50. The summed E-state index contributed by atoms with van der Waals surface area (Å²) < 4.78 is 5.56. The summed E-state index contributed by atoms with van der Waals surface area (Å²) in [5.41, 5.74) is 2.32. The highest BCUT2D eigenvalue weighted by Gasteiger charge is 2.31. The van der Waals surface area contributed by atoms with Gasteiger partial charge in [0.15, 0.2) is 5.82 Å². The summed E-state index contributed by atoms with van der Waals surface area (Å²) in [4.78, 5) is 22.0. The van der Waals surface area contributed by atoms with E-state index in [-0.39, 0.29) is 17.2 Å². The highest BCUT2D eigenvalue weighted by Crippen LogP contribution is 2.18. The van der Waals surface area contributed by atoms with Gasteiger partial charge in [-0.1, -0.05) is 0 Å². The Hall–Kier alpha value is -1.73. The number of nitrogen functional groups attached to an aromatic ring is 1. The number of carbonyl (C=O) groups excluding carboxylic acids is 1. The number of carbonyl (C=O) groups is 1. The second kappa shape index (κ2) is 4.87. The van der Waals surface area contributed by atoms with Gasteiger partial charge in [-0.2, -0.15) is 0 Å². The summed E-state index contributed by atoms with van der Waals surface area (Å²) in [5, 5.41) is 0. The summed E-state index contributed by atoms with van der Waals surface area (Å²) in [5.74, 6) is 5.46. The van der Waals surface area contributed by atoms with Gasteiger partial charge in [0.25, 0.3) is 5.91 Å². The monoisotopic (exact) mass is 251 g/mol. The van der Waals surface area contributed by atoms with Crippen LogP contribution < -0.4 is 11.3 Å². The van der Waals surface area contributed by atoms with Crippen molar-refractivity contribution in [2.24, 2.45) is 5.84 Å². The molecule has 3 N–H and O–H groups in total. The Balaban J connectivity index is 2.15. The molecule has 0 radical (unpaired) electrons. The van der Waals surface area contributed by atoms with Gasteiger partial charge in [0, 0.05) is 13.1 Å². The zero-order valence-electron chi connectivity index (χ0n) is 10.5. The Morgan fingerprint density at radius 3 is 3.00 bits per heavy atom. The molecule has 0 bridgehead atoms. The van der Waals surface area contributed by atoms with E-state index in [1.54, 1.807) is 4.90 Å². The summed E-state index contributed by atoms with van der Waals surface area (Å²) in [6.07, 6.45) is 2.89. The van der Waals surface area contributed by atoms with E-state index in [0.717, 1.165) is 0 Å². The maximum absolute atomic E-state index is 12.3. The zero-order valence-corrected chi connectivity index (χ0v) is 10.5. The van der Waals surface area contributed by atoms with Crippen LogP contribution in [0.5, 0.6) is 0 Å². The average Bonchev–Trinajstić information content (AvgIpc) is 2.37. The van der Waals surface area contributed by atoms with Crippen molar-refractivity contribution in [3.8, 4) is 0 Å². The Morgan fingerprint density at radius 2 is 2.33 bits per heavy atom. The lowest BCUT2D eigenvalue weighted by molar-refractivity contribution is -0.0765. The predicted octanol–water partition coefficient (Wildman–Crippen LogP) is 0.0132. The summed E-state index contributed by atoms with van der Waals surface area (Å²) >= 11 is 0. The molecule has 7 nitrogen and oxygen atoms in total. The van der Waals surface area contributed by atoms with Gasteiger partial charge in [0.05, 0.1) is 24.6 Å². The summed E-state index contributed by atoms with van der Waals surface area (Å²) in [6.45, 7) is 5.53. The molecule has 1 saturated heterocycles. The highest BCUT2D eigenvalue weighted by atomic mass is 16.5. The number of ether oxygens (including phenoxy) is 1. The maximum Gasteiger partial charge on any atom is 0.274 e. The van der Waals surface area contributed by atoms with Crippen molar-refractivity contribution in [3.05, 3.63) is 18.1 Å². The van der Waals surface area contributed by atoms with E-state index in [2.05, 4.69) is 15.4 Å². The van der Waals surface area contributed by atoms with Crippen LogP contribution in [0.25, 0.3) is 0 Å². The fourth-order valence-corrected chi connectivity index (χ4v) is 1.89. The number of nitrogens with zero attached hydrogens (tertiary/aromatic N) is 3. The molecule has 1 fully saturated rings. The molecule has 0 aromatic carbocycles. The molecule has 0 aliphatic carbocycles. The molecule has 1 aromatic rings. The standard InChI is InChI=1S/C11H17N5O2/c1-11(2)7-16(3-4-18-11)10(17)8-5-13-6-9(14-8)15-12/h5-6H,3-4,7,12H2,1-2H3,(H,14,15). The number of nitrogens with one attached hydrogen (secondary N) is 1. The Kier molecular flexibility index (Phi) is 3.44. The molecule has 1 aliphatic rings. The highest BCUT2D eigenvalue weighted by molar-refractivity contribution is 5.92. The first-order chi connectivity index (χ1) is 8.52. The molecule has 0 saturated carbocycles. The van der Waals surface area contributed by atoms with Crippen molar-refractivity contribution in [2.45, 2.75) is 19.4 Å². The van der Waals surface area contributed by atoms with Gasteiger partial charge in [-0.15, -0.1) is 0 Å². The van der Waals surface area contributed by atoms with Gasteiger partial charge in [-0.3, -0.25) is 9.78 Å². The molecule has 1 aliphatic heterocycles. The van der Waals surface area contributed by atoms with Gasteiger partial charge in [0.1, 0.15) is 5.69 Å². The van der Waals surface area contributed by atoms with Crippen LogP contribution in [0.1, 0.15) is 24.3 Å². The van der Waals surface area contributed by atoms with Gasteiger partial charge in [0.2, 0.25) is 0 Å². The van der Waals surface area contributed by atoms with Crippen LogP contribution >= 0.6 is 0 Å². The van der Waals surface area contributed by atoms with Crippen LogP contribution in [0.15, 0.2) is 12.4 Å². The number of anilines is 1. The van der Waals surface area contributed by atoms with E-state index in [4.69, 9.17) is 10.6 Å². The molecule has 0 unspecified atom stereocenters. The summed E-state index contributed by atoms with van der Waals surface area (Å²) in [7, 11) is 0. The van der Waals surface area contributed by atoms with E-state index in [1.165, 1.54) is 12.4 Å². The molecule has 7 heteroatoms. The minimum absolute atomic E-state index is 0.157. The lowest BCUT2D eigenvalue weighted by Gasteiger charge is -2.37. The molecule has 18 heavy (non-hydrogen) atoms. The second-order valence-electron chi connectivity index (χ2n) is 4.77. The van der Waals surface area contributed by atoms with Crippen LogP contribution in [0.3, 0.4) is 0 Å². The van der Waals surface area contributed by atoms with Gasteiger partial charge < -0.3 is 15.1 Å². The third-order valence-electron chi connectivity index (χ3n) is 2.71. The number of hydrogen-bond acceptors (Lipinski definition) is 6. The molecule has 2 rings (SSSR count). The smallest absolute Gasteiger partial charge is 0.274 e. The Labute approximate surface area is 105 Å². The van der Waals surface area contributed by atoms with Crippen molar-refractivity contribution < 1.29 is 9.53 Å². The topological polar surface area (TPSA) is 93.4 Å². The van der Waals surface area contributed by atoms with Crippen molar-refractivity contribution >= 4 is 11.7 Å². The van der Waals surface area contributed by atoms with E-state index >= 15 is 0 Å². The molecular formula is C11H17N5O2. The molecule has 0 atom stereocenters. The van der Waals surface area contributed by atoms with Crippen molar-refractivity contribution in [1.29, 1.82) is 0 Å². The number of hydrazine groups is 1. The lowest BCUT2D eigenvalue weighted by atomic mass is 10.1. The minimum atomic E-state index is -0.328. The molecule has 98 valence electrons. The number of aromatic nitrogens is 2. The van der Waals surface area contributed by atoms with Crippen molar-refractivity contribution in [3.63, 3.8) is 0 Å². The van der Waals surface area contributed by atoms with Crippen LogP contribution in [0.2, 0.25) is 0 Å². The van der Waals surface area contributed by atoms with E-state index < -0.39 is 0 Å². The van der Waals surface area contributed by atoms with Crippen LogP contribution in [-0.4, -0.2) is 46.1 Å². The molecule has 0 spiro atoms. The minimum Gasteiger partial charge on any atom is -0.372 e. The van der Waals surface area contributed by atoms with E-state index in [1.807, 2.05) is 13.8 Å². The van der Waals surface area contributed by atoms with E-state index in [0.29, 0.717) is 25.5 Å². The van der Waals surface area contributed by atoms with Crippen LogP contribution in [-0.2, 0) is 4.74 Å². The quantitative estimate of drug-likeness (QED) is 0.568. The van der Waals surface area contributed by atoms with Gasteiger partial charge in [-0.05, 0) is 13.8 Å². The second-order valence-corrected chi connectivity index (χ2v) is 4.77. The van der Waals surface area contributed by atoms with Crippen molar-refractivity contribution in [2.75, 3.05) is 25.1 Å². The predicted molar refractivity (Wildman–Crippen MR) is 65.8 cm³/mol. The molecular weight excluding hydrogens is 234 g/mol. The molecule has 1 amide bonds. The van der Waals surface area contributed by atoms with Crippen molar-refractivity contribution in [1.82, 2.24) is 14.9 Å². The fourth-order valence-electron chi connectivity index (χ4n) is 1.89. The third kappa shape index (κ3) is 2.74. The third-order valence-corrected chi connectivity index (χ3v) is 2.71. The normalized spacial score (nSPS) is 18.5. The first-order valence-corrected chi connectivity index (χ1v) is 5.74. The molecule has 2 heterocycles. The Morgan fingerprint density at radius 1 is 1.56 bits per heavy atom. The SMILES string of the molecule is CC1(C)CN(C(=O)c2cncc(NN)n2)CCO1. The van der Waals surface area contributed by atoms with Gasteiger partial charge in [-0.25, -0.2) is 10.8 Å². The number of rotatable bonds is 2. The van der Waals surface area contributed by atoms with Gasteiger partial charge >= 0.3 is 0 Å². The number of morpholine rings is 1. The molecule has 1 aromatic heterocycles. The average molecular weight is 251 g/mol.